The summed E-state index contributed by atoms with van der Waals surface area (Å²) < 4.78 is 82.6. The van der Waals surface area contributed by atoms with Crippen LogP contribution in [0.15, 0.2) is 23.1 Å². The smallest absolute Gasteiger partial charge is 0.436 e. The Labute approximate surface area is 156 Å². The highest BCUT2D eigenvalue weighted by Gasteiger charge is 2.40. The minimum atomic E-state index is -4.85. The Morgan fingerprint density at radius 3 is 2.41 bits per heavy atom. The molecule has 1 fully saturated rings. The molecule has 0 saturated heterocycles. The molecule has 0 aliphatic heterocycles. The molecule has 0 radical (unpaired) electrons. The minimum absolute atomic E-state index is 0.190. The molecule has 6 nitrogen and oxygen atoms in total. The number of hydrogen-bond donors (Lipinski definition) is 1. The number of aromatic nitrogens is 2. The average Bonchev–Trinajstić information content (AvgIpc) is 3.15. The number of nitrogens with two attached hydrogens (primary N) is 1. The lowest BCUT2D eigenvalue weighted by molar-refractivity contribution is -0.141. The fourth-order valence-electron chi connectivity index (χ4n) is 2.86. The van der Waals surface area contributed by atoms with Gasteiger partial charge in [-0.15, -0.1) is 0 Å². The molecule has 1 heterocycles. The lowest BCUT2D eigenvalue weighted by atomic mass is 10.3. The van der Waals surface area contributed by atoms with E-state index in [1.54, 1.807) is 0 Å². The summed E-state index contributed by atoms with van der Waals surface area (Å²) in [5, 5.41) is 7.55. The molecule has 0 unspecified atom stereocenters. The van der Waals surface area contributed by atoms with Crippen molar-refractivity contribution in [3.05, 3.63) is 34.7 Å². The summed E-state index contributed by atoms with van der Waals surface area (Å²) in [6, 6.07) is 2.60. The zero-order valence-corrected chi connectivity index (χ0v) is 15.2. The molecule has 1 aromatic carbocycles. The largest absolute Gasteiger partial charge is 0.473 e. The molecule has 0 amide bonds. The maximum Gasteiger partial charge on any atom is 0.436 e. The van der Waals surface area contributed by atoms with Gasteiger partial charge in [-0.1, -0.05) is 11.6 Å². The van der Waals surface area contributed by atoms with Crippen molar-refractivity contribution in [2.45, 2.75) is 42.9 Å². The summed E-state index contributed by atoms with van der Waals surface area (Å²) in [6.45, 7) is 0. The van der Waals surface area contributed by atoms with Gasteiger partial charge in [-0.05, 0) is 37.8 Å². The fraction of sp³-hybridized carbons (Fsp3) is 0.400. The first-order valence-corrected chi connectivity index (χ1v) is 9.76. The number of rotatable bonds is 4. The van der Waals surface area contributed by atoms with E-state index in [1.165, 1.54) is 0 Å². The van der Waals surface area contributed by atoms with Crippen LogP contribution in [-0.2, 0) is 16.2 Å². The third kappa shape index (κ3) is 4.04. The van der Waals surface area contributed by atoms with Crippen LogP contribution in [0.2, 0.25) is 5.02 Å². The quantitative estimate of drug-likeness (QED) is 0.754. The van der Waals surface area contributed by atoms with Gasteiger partial charge in [0.1, 0.15) is 21.8 Å². The summed E-state index contributed by atoms with van der Waals surface area (Å²) >= 11 is 5.85. The first-order valence-electron chi connectivity index (χ1n) is 7.83. The van der Waals surface area contributed by atoms with Crippen LogP contribution in [0.4, 0.5) is 17.6 Å². The fourth-order valence-corrected chi connectivity index (χ4v) is 3.72. The molecule has 1 aromatic heterocycles. The second-order valence-electron chi connectivity index (χ2n) is 6.06. The SMILES string of the molecule is NS(=O)(=O)c1ccc(-n2nc(C(F)(F)F)c(Cl)c2OC2CCCC2)cc1F. The summed E-state index contributed by atoms with van der Waals surface area (Å²) in [7, 11) is -4.33. The predicted molar refractivity (Wildman–Crippen MR) is 87.8 cm³/mol. The number of sulfonamides is 1. The van der Waals surface area contributed by atoms with Gasteiger partial charge in [0.05, 0.1) is 5.69 Å². The summed E-state index contributed by atoms with van der Waals surface area (Å²) in [6.07, 6.45) is -2.19. The second kappa shape index (κ2) is 6.95. The number of ether oxygens (including phenoxy) is 1. The number of primary sulfonamides is 1. The van der Waals surface area contributed by atoms with Crippen molar-refractivity contribution >= 4 is 21.6 Å². The predicted octanol–water partition coefficient (Wildman–Crippen LogP) is 3.65. The van der Waals surface area contributed by atoms with Crippen LogP contribution in [-0.4, -0.2) is 24.3 Å². The van der Waals surface area contributed by atoms with Crippen LogP contribution in [0.5, 0.6) is 5.88 Å². The zero-order chi connectivity index (χ0) is 20.0. The number of benzene rings is 1. The van der Waals surface area contributed by atoms with E-state index >= 15 is 0 Å². The highest BCUT2D eigenvalue weighted by atomic mass is 35.5. The van der Waals surface area contributed by atoms with Gasteiger partial charge >= 0.3 is 6.18 Å². The third-order valence-corrected chi connectivity index (χ3v) is 5.39. The molecule has 1 aliphatic rings. The van der Waals surface area contributed by atoms with Crippen molar-refractivity contribution in [3.63, 3.8) is 0 Å². The van der Waals surface area contributed by atoms with Gasteiger partial charge in [-0.3, -0.25) is 0 Å². The molecule has 2 aromatic rings. The Hall–Kier alpha value is -1.85. The van der Waals surface area contributed by atoms with E-state index in [0.717, 1.165) is 25.0 Å². The van der Waals surface area contributed by atoms with Crippen molar-refractivity contribution in [1.29, 1.82) is 0 Å². The van der Waals surface area contributed by atoms with Crippen LogP contribution in [0.25, 0.3) is 5.69 Å². The van der Waals surface area contributed by atoms with Crippen LogP contribution in [0.3, 0.4) is 0 Å². The Kier molecular flexibility index (Phi) is 5.12. The van der Waals surface area contributed by atoms with E-state index in [1.807, 2.05) is 0 Å². The van der Waals surface area contributed by atoms with Crippen LogP contribution in [0.1, 0.15) is 31.4 Å². The molecule has 0 atom stereocenters. The maximum absolute atomic E-state index is 14.1. The van der Waals surface area contributed by atoms with E-state index in [9.17, 15) is 26.0 Å². The van der Waals surface area contributed by atoms with Crippen LogP contribution >= 0.6 is 11.6 Å². The van der Waals surface area contributed by atoms with Crippen molar-refractivity contribution in [2.24, 2.45) is 5.14 Å². The lowest BCUT2D eigenvalue weighted by Crippen LogP contribution is -2.16. The van der Waals surface area contributed by atoms with Gasteiger partial charge in [0.15, 0.2) is 5.69 Å². The molecule has 2 N–H and O–H groups in total. The molecule has 0 spiro atoms. The van der Waals surface area contributed by atoms with E-state index in [-0.39, 0.29) is 17.7 Å². The van der Waals surface area contributed by atoms with Gasteiger partial charge in [0, 0.05) is 6.07 Å². The van der Waals surface area contributed by atoms with Gasteiger partial charge in [0.25, 0.3) is 0 Å². The molecule has 1 saturated carbocycles. The standard InChI is InChI=1S/C15H14ClF4N3O3S/c16-12-13(15(18,19)20)22-23(14(12)26-9-3-1-2-4-9)8-5-6-11(10(17)7-8)27(21,24)25/h5-7,9H,1-4H2,(H2,21,24,25). The highest BCUT2D eigenvalue weighted by Crippen LogP contribution is 2.41. The monoisotopic (exact) mass is 427 g/mol. The second-order valence-corrected chi connectivity index (χ2v) is 7.97. The van der Waals surface area contributed by atoms with Gasteiger partial charge < -0.3 is 4.74 Å². The lowest BCUT2D eigenvalue weighted by Gasteiger charge is -2.15. The number of hydrogen-bond acceptors (Lipinski definition) is 4. The van der Waals surface area contributed by atoms with Crippen LogP contribution < -0.4 is 9.88 Å². The first kappa shape index (κ1) is 19.9. The molecule has 1 aliphatic carbocycles. The third-order valence-electron chi connectivity index (χ3n) is 4.10. The Morgan fingerprint density at radius 2 is 1.89 bits per heavy atom. The zero-order valence-electron chi connectivity index (χ0n) is 13.6. The highest BCUT2D eigenvalue weighted by molar-refractivity contribution is 7.89. The molecule has 27 heavy (non-hydrogen) atoms. The molecular weight excluding hydrogens is 414 g/mol. The van der Waals surface area contributed by atoms with Crippen molar-refractivity contribution in [2.75, 3.05) is 0 Å². The number of nitrogens with zero attached hydrogens (tertiary/aromatic N) is 2. The molecule has 0 bridgehead atoms. The van der Waals surface area contributed by atoms with Crippen LogP contribution in [0, 0.1) is 5.82 Å². The number of alkyl halides is 3. The normalized spacial score (nSPS) is 16.1. The Balaban J connectivity index is 2.12. The average molecular weight is 428 g/mol. The van der Waals surface area contributed by atoms with E-state index < -0.39 is 37.6 Å². The van der Waals surface area contributed by atoms with Gasteiger partial charge in [-0.2, -0.15) is 23.0 Å². The summed E-state index contributed by atoms with van der Waals surface area (Å²) in [4.78, 5) is -0.793. The van der Waals surface area contributed by atoms with Crippen molar-refractivity contribution in [3.8, 4) is 11.6 Å². The van der Waals surface area contributed by atoms with Gasteiger partial charge in [0.2, 0.25) is 15.9 Å². The van der Waals surface area contributed by atoms with E-state index in [2.05, 4.69) is 5.10 Å². The topological polar surface area (TPSA) is 87.2 Å². The Bertz CT molecular complexity index is 969. The summed E-state index contributed by atoms with van der Waals surface area (Å²) in [5.41, 5.74) is -1.57. The summed E-state index contributed by atoms with van der Waals surface area (Å²) in [5.74, 6) is -1.61. The minimum Gasteiger partial charge on any atom is -0.473 e. The number of halogens is 5. The van der Waals surface area contributed by atoms with Crippen molar-refractivity contribution in [1.82, 2.24) is 9.78 Å². The molecule has 12 heteroatoms. The molecular formula is C15H14ClF4N3O3S. The maximum atomic E-state index is 14.1. The molecule has 148 valence electrons. The van der Waals surface area contributed by atoms with E-state index in [0.29, 0.717) is 23.6 Å². The first-order chi connectivity index (χ1) is 12.5. The van der Waals surface area contributed by atoms with E-state index in [4.69, 9.17) is 21.5 Å². The Morgan fingerprint density at radius 1 is 1.26 bits per heavy atom. The van der Waals surface area contributed by atoms with Crippen molar-refractivity contribution < 1.29 is 30.7 Å². The molecule has 3 rings (SSSR count). The van der Waals surface area contributed by atoms with Gasteiger partial charge in [-0.25, -0.2) is 17.9 Å².